The number of nitrogens with one attached hydrogen (secondary N) is 1. The van der Waals surface area contributed by atoms with Crippen LogP contribution in [-0.2, 0) is 35.8 Å². The minimum atomic E-state index is -0.724. The molecule has 146 valence electrons. The lowest BCUT2D eigenvalue weighted by Gasteiger charge is -2.35. The van der Waals surface area contributed by atoms with Gasteiger partial charge in [0.25, 0.3) is 0 Å². The molecule has 0 aliphatic carbocycles. The normalized spacial score (nSPS) is 17.6. The molecule has 0 unspecified atom stereocenters. The van der Waals surface area contributed by atoms with Gasteiger partial charge in [-0.3, -0.25) is 4.79 Å². The van der Waals surface area contributed by atoms with Crippen LogP contribution in [-0.4, -0.2) is 32.1 Å². The number of nitrogens with zero attached hydrogens (tertiary/aromatic N) is 1. The zero-order chi connectivity index (χ0) is 20.5. The SMILES string of the molecule is COC(=O)C1=C(C(=O)OC)N(c2cccc3c2CNC(=O)C3(C)C)C=CC=C1. The van der Waals surface area contributed by atoms with Crippen LogP contribution in [0.25, 0.3) is 0 Å². The van der Waals surface area contributed by atoms with E-state index < -0.39 is 17.4 Å². The Morgan fingerprint density at radius 1 is 1.11 bits per heavy atom. The summed E-state index contributed by atoms with van der Waals surface area (Å²) in [5, 5.41) is 2.90. The number of hydrogen-bond donors (Lipinski definition) is 1. The molecule has 0 fully saturated rings. The summed E-state index contributed by atoms with van der Waals surface area (Å²) >= 11 is 0. The number of rotatable bonds is 3. The van der Waals surface area contributed by atoms with E-state index in [0.717, 1.165) is 11.1 Å². The number of carbonyl (C=O) groups excluding carboxylic acids is 3. The Labute approximate surface area is 163 Å². The van der Waals surface area contributed by atoms with Crippen LogP contribution < -0.4 is 10.2 Å². The topological polar surface area (TPSA) is 84.9 Å². The Morgan fingerprint density at radius 3 is 2.50 bits per heavy atom. The second kappa shape index (κ2) is 7.34. The molecular weight excluding hydrogens is 360 g/mol. The molecule has 2 heterocycles. The fourth-order valence-corrected chi connectivity index (χ4v) is 3.43. The molecule has 0 bridgehead atoms. The van der Waals surface area contributed by atoms with E-state index in [1.54, 1.807) is 23.3 Å². The van der Waals surface area contributed by atoms with Crippen LogP contribution in [0, 0.1) is 0 Å². The minimum absolute atomic E-state index is 0.0439. The van der Waals surface area contributed by atoms with E-state index in [-0.39, 0.29) is 17.2 Å². The van der Waals surface area contributed by atoms with Gasteiger partial charge in [-0.15, -0.1) is 0 Å². The lowest BCUT2D eigenvalue weighted by atomic mass is 9.78. The highest BCUT2D eigenvalue weighted by atomic mass is 16.5. The lowest BCUT2D eigenvalue weighted by molar-refractivity contribution is -0.139. The summed E-state index contributed by atoms with van der Waals surface area (Å²) < 4.78 is 9.79. The van der Waals surface area contributed by atoms with Gasteiger partial charge in [0.05, 0.1) is 30.9 Å². The highest BCUT2D eigenvalue weighted by Crippen LogP contribution is 2.38. The van der Waals surface area contributed by atoms with Gasteiger partial charge in [-0.2, -0.15) is 0 Å². The average Bonchev–Trinajstić information content (AvgIpc) is 2.92. The monoisotopic (exact) mass is 382 g/mol. The summed E-state index contributed by atoms with van der Waals surface area (Å²) in [4.78, 5) is 38.9. The third-order valence-corrected chi connectivity index (χ3v) is 4.97. The third kappa shape index (κ3) is 3.09. The predicted octanol–water partition coefficient (Wildman–Crippen LogP) is 2.08. The van der Waals surface area contributed by atoms with Crippen molar-refractivity contribution in [1.29, 1.82) is 0 Å². The highest BCUT2D eigenvalue weighted by Gasteiger charge is 2.38. The molecule has 3 rings (SSSR count). The molecule has 1 N–H and O–H groups in total. The van der Waals surface area contributed by atoms with Crippen molar-refractivity contribution in [1.82, 2.24) is 5.32 Å². The summed E-state index contributed by atoms with van der Waals surface area (Å²) in [7, 11) is 2.51. The molecule has 0 spiro atoms. The summed E-state index contributed by atoms with van der Waals surface area (Å²) in [6, 6.07) is 5.56. The smallest absolute Gasteiger partial charge is 0.355 e. The number of methoxy groups -OCH3 is 2. The van der Waals surface area contributed by atoms with E-state index in [1.807, 2.05) is 32.0 Å². The van der Waals surface area contributed by atoms with Gasteiger partial charge in [-0.1, -0.05) is 18.2 Å². The van der Waals surface area contributed by atoms with Crippen molar-refractivity contribution in [3.63, 3.8) is 0 Å². The van der Waals surface area contributed by atoms with Crippen LogP contribution in [0.1, 0.15) is 25.0 Å². The fraction of sp³-hybridized carbons (Fsp3) is 0.286. The van der Waals surface area contributed by atoms with Crippen molar-refractivity contribution in [3.8, 4) is 0 Å². The molecule has 7 nitrogen and oxygen atoms in total. The van der Waals surface area contributed by atoms with E-state index in [4.69, 9.17) is 9.47 Å². The summed E-state index contributed by atoms with van der Waals surface area (Å²) in [6.07, 6.45) is 6.55. The highest BCUT2D eigenvalue weighted by molar-refractivity contribution is 6.05. The molecule has 0 saturated carbocycles. The van der Waals surface area contributed by atoms with Crippen LogP contribution in [0.5, 0.6) is 0 Å². The van der Waals surface area contributed by atoms with Gasteiger partial charge in [0, 0.05) is 12.7 Å². The van der Waals surface area contributed by atoms with Crippen molar-refractivity contribution in [2.45, 2.75) is 25.8 Å². The maximum Gasteiger partial charge on any atom is 0.355 e. The standard InChI is InChI=1S/C21H22N2O5/c1-21(2)15-9-7-10-16(14(15)12-22-20(21)26)23-11-6-5-8-13(18(24)27-3)17(23)19(25)28-4/h5-11H,12H2,1-4H3,(H,22,26). The quantitative estimate of drug-likeness (QED) is 0.806. The Balaban J connectivity index is 2.25. The number of benzene rings is 1. The van der Waals surface area contributed by atoms with E-state index in [0.29, 0.717) is 12.2 Å². The molecule has 0 radical (unpaired) electrons. The number of amides is 1. The molecule has 2 aliphatic rings. The van der Waals surface area contributed by atoms with Crippen molar-refractivity contribution >= 4 is 23.5 Å². The Bertz CT molecular complexity index is 940. The van der Waals surface area contributed by atoms with E-state index in [2.05, 4.69) is 5.32 Å². The Hall–Kier alpha value is -3.35. The molecule has 0 saturated heterocycles. The Morgan fingerprint density at radius 2 is 1.82 bits per heavy atom. The predicted molar refractivity (Wildman–Crippen MR) is 103 cm³/mol. The van der Waals surface area contributed by atoms with Gasteiger partial charge in [0.2, 0.25) is 5.91 Å². The van der Waals surface area contributed by atoms with Crippen molar-refractivity contribution in [3.05, 3.63) is 65.0 Å². The number of esters is 2. The van der Waals surface area contributed by atoms with Crippen molar-refractivity contribution < 1.29 is 23.9 Å². The van der Waals surface area contributed by atoms with E-state index in [1.165, 1.54) is 20.3 Å². The number of fused-ring (bicyclic) bond motifs is 1. The van der Waals surface area contributed by atoms with Crippen molar-refractivity contribution in [2.24, 2.45) is 0 Å². The van der Waals surface area contributed by atoms with Gasteiger partial charge >= 0.3 is 11.9 Å². The van der Waals surface area contributed by atoms with Gasteiger partial charge in [0.15, 0.2) is 0 Å². The molecular formula is C21H22N2O5. The lowest BCUT2D eigenvalue weighted by Crippen LogP contribution is -2.45. The Kier molecular flexibility index (Phi) is 5.09. The second-order valence-electron chi connectivity index (χ2n) is 6.93. The van der Waals surface area contributed by atoms with E-state index in [9.17, 15) is 14.4 Å². The van der Waals surface area contributed by atoms with E-state index >= 15 is 0 Å². The molecule has 1 aromatic rings. The number of hydrogen-bond acceptors (Lipinski definition) is 6. The molecule has 7 heteroatoms. The van der Waals surface area contributed by atoms with Gasteiger partial charge in [-0.05, 0) is 43.2 Å². The van der Waals surface area contributed by atoms with Gasteiger partial charge in [0.1, 0.15) is 5.70 Å². The van der Waals surface area contributed by atoms with Crippen LogP contribution in [0.2, 0.25) is 0 Å². The zero-order valence-corrected chi connectivity index (χ0v) is 16.2. The first-order chi connectivity index (χ1) is 13.3. The first-order valence-electron chi connectivity index (χ1n) is 8.78. The molecule has 1 aromatic carbocycles. The number of carbonyl (C=O) groups is 3. The van der Waals surface area contributed by atoms with Crippen LogP contribution >= 0.6 is 0 Å². The first kappa shape index (κ1) is 19.4. The fourth-order valence-electron chi connectivity index (χ4n) is 3.43. The summed E-state index contributed by atoms with van der Waals surface area (Å²) in [5.74, 6) is -1.39. The zero-order valence-electron chi connectivity index (χ0n) is 16.2. The molecule has 0 aromatic heterocycles. The largest absolute Gasteiger partial charge is 0.465 e. The second-order valence-corrected chi connectivity index (χ2v) is 6.93. The minimum Gasteiger partial charge on any atom is -0.465 e. The van der Waals surface area contributed by atoms with Crippen molar-refractivity contribution in [2.75, 3.05) is 19.1 Å². The third-order valence-electron chi connectivity index (χ3n) is 4.97. The summed E-state index contributed by atoms with van der Waals surface area (Å²) in [6.45, 7) is 4.01. The average molecular weight is 382 g/mol. The molecule has 2 aliphatic heterocycles. The summed E-state index contributed by atoms with van der Waals surface area (Å²) in [5.41, 5.74) is 1.80. The van der Waals surface area contributed by atoms with Crippen LogP contribution in [0.3, 0.4) is 0 Å². The first-order valence-corrected chi connectivity index (χ1v) is 8.78. The molecule has 28 heavy (non-hydrogen) atoms. The van der Waals surface area contributed by atoms with Gasteiger partial charge in [-0.25, -0.2) is 9.59 Å². The molecule has 1 amide bonds. The number of allylic oxidation sites excluding steroid dienone is 2. The number of anilines is 1. The maximum atomic E-state index is 12.6. The number of ether oxygens (including phenoxy) is 2. The maximum absolute atomic E-state index is 12.6. The molecule has 0 atom stereocenters. The van der Waals surface area contributed by atoms with Crippen LogP contribution in [0.4, 0.5) is 5.69 Å². The van der Waals surface area contributed by atoms with Gasteiger partial charge < -0.3 is 19.7 Å². The van der Waals surface area contributed by atoms with Crippen LogP contribution in [0.15, 0.2) is 53.9 Å².